The van der Waals surface area contributed by atoms with Gasteiger partial charge in [-0.25, -0.2) is 4.68 Å². The van der Waals surface area contributed by atoms with Gasteiger partial charge >= 0.3 is 0 Å². The molecule has 15 heavy (non-hydrogen) atoms. The molecule has 0 aliphatic carbocycles. The van der Waals surface area contributed by atoms with Crippen LogP contribution in [0.3, 0.4) is 0 Å². The highest BCUT2D eigenvalue weighted by Crippen LogP contribution is 1.94. The van der Waals surface area contributed by atoms with E-state index < -0.39 is 0 Å². The summed E-state index contributed by atoms with van der Waals surface area (Å²) in [5, 5.41) is 28.4. The van der Waals surface area contributed by atoms with Crippen LogP contribution in [0, 0.1) is 5.92 Å². The fourth-order valence-corrected chi connectivity index (χ4v) is 1.14. The molecule has 1 unspecified atom stereocenters. The first kappa shape index (κ1) is 12.1. The Hall–Kier alpha value is -0.980. The van der Waals surface area contributed by atoms with E-state index in [0.29, 0.717) is 13.1 Å². The van der Waals surface area contributed by atoms with Crippen molar-refractivity contribution in [2.24, 2.45) is 5.92 Å². The quantitative estimate of drug-likeness (QED) is 0.541. The first-order valence-electron chi connectivity index (χ1n) is 5.07. The normalized spacial score (nSPS) is 13.0. The summed E-state index contributed by atoms with van der Waals surface area (Å²) in [7, 11) is 0. The van der Waals surface area contributed by atoms with Crippen molar-refractivity contribution in [1.29, 1.82) is 0 Å². The van der Waals surface area contributed by atoms with Crippen LogP contribution in [0.25, 0.3) is 0 Å². The average Bonchev–Trinajstić information content (AvgIpc) is 2.66. The van der Waals surface area contributed by atoms with Gasteiger partial charge in [0.1, 0.15) is 0 Å². The molecule has 86 valence electrons. The third-order valence-corrected chi connectivity index (χ3v) is 2.03. The maximum Gasteiger partial charge on any atom is 0.0964 e. The van der Waals surface area contributed by atoms with Gasteiger partial charge in [0.2, 0.25) is 0 Å². The van der Waals surface area contributed by atoms with E-state index in [1.54, 1.807) is 10.9 Å². The Morgan fingerprint density at radius 1 is 1.53 bits per heavy atom. The van der Waals surface area contributed by atoms with E-state index in [2.05, 4.69) is 15.6 Å². The number of rotatable bonds is 7. The van der Waals surface area contributed by atoms with Gasteiger partial charge in [0.05, 0.1) is 18.8 Å². The summed E-state index contributed by atoms with van der Waals surface area (Å²) in [6.45, 7) is 4.08. The highest BCUT2D eigenvalue weighted by Gasteiger charge is 2.02. The van der Waals surface area contributed by atoms with Crippen molar-refractivity contribution in [1.82, 2.24) is 20.3 Å². The standard InChI is InChI=1S/C9H18N4O2/c1-8(7-15)4-10-5-9-6-13(2-3-14)12-11-9/h6,8,10,14-15H,2-5,7H2,1H3. The molecule has 3 N–H and O–H groups in total. The number of aromatic nitrogens is 3. The van der Waals surface area contributed by atoms with E-state index in [1.807, 2.05) is 6.92 Å². The molecule has 6 heteroatoms. The van der Waals surface area contributed by atoms with E-state index in [9.17, 15) is 0 Å². The minimum absolute atomic E-state index is 0.0672. The highest BCUT2D eigenvalue weighted by molar-refractivity contribution is 4.91. The van der Waals surface area contributed by atoms with Crippen LogP contribution in [0.15, 0.2) is 6.20 Å². The minimum atomic E-state index is 0.0672. The van der Waals surface area contributed by atoms with E-state index in [4.69, 9.17) is 10.2 Å². The smallest absolute Gasteiger partial charge is 0.0964 e. The topological polar surface area (TPSA) is 83.2 Å². The molecule has 1 heterocycles. The molecule has 0 saturated carbocycles. The molecule has 0 bridgehead atoms. The molecule has 0 aliphatic rings. The van der Waals surface area contributed by atoms with Crippen molar-refractivity contribution in [3.8, 4) is 0 Å². The molecule has 1 aromatic rings. The Labute approximate surface area is 88.9 Å². The van der Waals surface area contributed by atoms with Gasteiger partial charge in [0, 0.05) is 25.9 Å². The zero-order valence-electron chi connectivity index (χ0n) is 8.93. The molecular formula is C9H18N4O2. The molecule has 0 aromatic carbocycles. The van der Waals surface area contributed by atoms with E-state index in [1.165, 1.54) is 0 Å². The Morgan fingerprint density at radius 2 is 2.33 bits per heavy atom. The van der Waals surface area contributed by atoms with E-state index in [0.717, 1.165) is 12.2 Å². The predicted molar refractivity (Wildman–Crippen MR) is 55.1 cm³/mol. The second-order valence-corrected chi connectivity index (χ2v) is 3.62. The second kappa shape index (κ2) is 6.49. The van der Waals surface area contributed by atoms with E-state index in [-0.39, 0.29) is 19.1 Å². The van der Waals surface area contributed by atoms with Gasteiger partial charge in [-0.05, 0) is 5.92 Å². The Kier molecular flexibility index (Phi) is 5.23. The number of nitrogens with zero attached hydrogens (tertiary/aromatic N) is 3. The molecule has 0 radical (unpaired) electrons. The van der Waals surface area contributed by atoms with Crippen molar-refractivity contribution < 1.29 is 10.2 Å². The lowest BCUT2D eigenvalue weighted by molar-refractivity contribution is 0.233. The summed E-state index contributed by atoms with van der Waals surface area (Å²) in [6.07, 6.45) is 1.80. The van der Waals surface area contributed by atoms with Crippen molar-refractivity contribution in [3.05, 3.63) is 11.9 Å². The number of aliphatic hydroxyl groups excluding tert-OH is 2. The van der Waals surface area contributed by atoms with Crippen molar-refractivity contribution in [3.63, 3.8) is 0 Å². The molecule has 0 spiro atoms. The summed E-state index contributed by atoms with van der Waals surface area (Å²) < 4.78 is 1.60. The largest absolute Gasteiger partial charge is 0.396 e. The molecule has 0 fully saturated rings. The van der Waals surface area contributed by atoms with Gasteiger partial charge in [0.25, 0.3) is 0 Å². The molecular weight excluding hydrogens is 196 g/mol. The molecule has 6 nitrogen and oxygen atoms in total. The second-order valence-electron chi connectivity index (χ2n) is 3.62. The van der Waals surface area contributed by atoms with Gasteiger partial charge in [-0.1, -0.05) is 12.1 Å². The number of aliphatic hydroxyl groups is 2. The van der Waals surface area contributed by atoms with Crippen molar-refractivity contribution in [2.45, 2.75) is 20.0 Å². The van der Waals surface area contributed by atoms with Crippen LogP contribution in [0.1, 0.15) is 12.6 Å². The van der Waals surface area contributed by atoms with Crippen LogP contribution in [0.2, 0.25) is 0 Å². The number of hydrogen-bond donors (Lipinski definition) is 3. The summed E-state index contributed by atoms with van der Waals surface area (Å²) in [5.41, 5.74) is 0.841. The maximum atomic E-state index is 8.81. The van der Waals surface area contributed by atoms with Crippen LogP contribution in [-0.2, 0) is 13.1 Å². The van der Waals surface area contributed by atoms with Gasteiger partial charge in [-0.2, -0.15) is 0 Å². The number of hydrogen-bond acceptors (Lipinski definition) is 5. The monoisotopic (exact) mass is 214 g/mol. The summed E-state index contributed by atoms with van der Waals surface area (Å²) in [5.74, 6) is 0.248. The predicted octanol–water partition coefficient (Wildman–Crippen LogP) is -1.01. The fourth-order valence-electron chi connectivity index (χ4n) is 1.14. The molecule has 0 amide bonds. The number of nitrogens with one attached hydrogen (secondary N) is 1. The Bertz CT molecular complexity index is 277. The molecule has 1 rings (SSSR count). The molecule has 1 aromatic heterocycles. The average molecular weight is 214 g/mol. The Morgan fingerprint density at radius 3 is 3.00 bits per heavy atom. The molecule has 1 atom stereocenters. The lowest BCUT2D eigenvalue weighted by Gasteiger charge is -2.07. The van der Waals surface area contributed by atoms with Crippen LogP contribution < -0.4 is 5.32 Å². The SMILES string of the molecule is CC(CO)CNCc1cn(CCO)nn1. The lowest BCUT2D eigenvalue weighted by atomic mass is 10.2. The first-order chi connectivity index (χ1) is 7.26. The first-order valence-corrected chi connectivity index (χ1v) is 5.07. The zero-order chi connectivity index (χ0) is 11.1. The highest BCUT2D eigenvalue weighted by atomic mass is 16.3. The van der Waals surface area contributed by atoms with Crippen LogP contribution in [0.5, 0.6) is 0 Å². The van der Waals surface area contributed by atoms with Crippen LogP contribution in [0.4, 0.5) is 0 Å². The maximum absolute atomic E-state index is 8.81. The summed E-state index contributed by atoms with van der Waals surface area (Å²) in [4.78, 5) is 0. The fraction of sp³-hybridized carbons (Fsp3) is 0.778. The van der Waals surface area contributed by atoms with Crippen LogP contribution >= 0.6 is 0 Å². The lowest BCUT2D eigenvalue weighted by Crippen LogP contribution is -2.22. The summed E-state index contributed by atoms with van der Waals surface area (Å²) in [6, 6.07) is 0. The van der Waals surface area contributed by atoms with Gasteiger partial charge in [0.15, 0.2) is 0 Å². The van der Waals surface area contributed by atoms with Crippen molar-refractivity contribution >= 4 is 0 Å². The Balaban J connectivity index is 2.25. The van der Waals surface area contributed by atoms with Gasteiger partial charge < -0.3 is 15.5 Å². The minimum Gasteiger partial charge on any atom is -0.396 e. The van der Waals surface area contributed by atoms with Crippen molar-refractivity contribution in [2.75, 3.05) is 19.8 Å². The van der Waals surface area contributed by atoms with E-state index >= 15 is 0 Å². The van der Waals surface area contributed by atoms with Crippen LogP contribution in [-0.4, -0.2) is 45.0 Å². The van der Waals surface area contributed by atoms with Gasteiger partial charge in [-0.3, -0.25) is 0 Å². The summed E-state index contributed by atoms with van der Waals surface area (Å²) >= 11 is 0. The third-order valence-electron chi connectivity index (χ3n) is 2.03. The third kappa shape index (κ3) is 4.37. The molecule has 0 aliphatic heterocycles. The van der Waals surface area contributed by atoms with Gasteiger partial charge in [-0.15, -0.1) is 5.10 Å². The molecule has 0 saturated heterocycles. The zero-order valence-corrected chi connectivity index (χ0v) is 8.93.